The first-order chi connectivity index (χ1) is 6.27. The monoisotopic (exact) mass is 247 g/mol. The van der Waals surface area contributed by atoms with Crippen LogP contribution in [0, 0.1) is 0 Å². The lowest BCUT2D eigenvalue weighted by molar-refractivity contribution is 0.229. The Morgan fingerprint density at radius 3 is 2.67 bits per heavy atom. The Hall–Kier alpha value is -1.26. The van der Waals surface area contributed by atoms with E-state index in [4.69, 9.17) is 5.73 Å². The molecule has 0 aliphatic carbocycles. The fourth-order valence-corrected chi connectivity index (χ4v) is 1.24. The van der Waals surface area contributed by atoms with Crippen molar-refractivity contribution in [3.8, 4) is 0 Å². The highest BCUT2D eigenvalue weighted by molar-refractivity contribution is 5.85. The van der Waals surface area contributed by atoms with Crippen molar-refractivity contribution in [3.05, 3.63) is 34.8 Å². The number of amides is 2. The van der Waals surface area contributed by atoms with E-state index in [1.54, 1.807) is 6.20 Å². The number of para-hydroxylation sites is 1. The van der Waals surface area contributed by atoms with E-state index < -0.39 is 6.03 Å². The van der Waals surface area contributed by atoms with Gasteiger partial charge in [-0.25, -0.2) is 4.79 Å². The number of primary amides is 1. The first kappa shape index (κ1) is 13.7. The van der Waals surface area contributed by atoms with E-state index in [0.717, 1.165) is 10.6 Å². The fourth-order valence-electron chi connectivity index (χ4n) is 1.24. The van der Waals surface area contributed by atoms with Crippen LogP contribution in [0.3, 0.4) is 0 Å². The van der Waals surface area contributed by atoms with Gasteiger partial charge in [0.25, 0.3) is 0 Å². The van der Waals surface area contributed by atoms with Crippen molar-refractivity contribution in [3.63, 3.8) is 0 Å². The molecule has 2 amide bonds. The molecule has 1 aliphatic heterocycles. The number of fused-ring (bicyclic) bond motifs is 1. The van der Waals surface area contributed by atoms with Crippen molar-refractivity contribution >= 4 is 37.0 Å². The molecule has 0 spiro atoms. The molecular weight excluding hydrogens is 237 g/mol. The van der Waals surface area contributed by atoms with Crippen molar-refractivity contribution in [1.29, 1.82) is 0 Å². The summed E-state index contributed by atoms with van der Waals surface area (Å²) in [4.78, 5) is 16.4. The lowest BCUT2D eigenvalue weighted by atomic mass is 10.3. The molecule has 1 aromatic carbocycles. The van der Waals surface area contributed by atoms with Gasteiger partial charge in [0.1, 0.15) is 6.67 Å². The van der Waals surface area contributed by atoms with Crippen molar-refractivity contribution in [1.82, 2.24) is 4.90 Å². The van der Waals surface area contributed by atoms with Crippen LogP contribution in [0.5, 0.6) is 0 Å². The first-order valence-corrected chi connectivity index (χ1v) is 3.95. The van der Waals surface area contributed by atoms with Gasteiger partial charge < -0.3 is 5.73 Å². The number of nitrogens with two attached hydrogens (primary N) is 1. The number of halogens is 2. The summed E-state index contributed by atoms with van der Waals surface area (Å²) in [6.45, 7) is 0.312. The third-order valence-electron chi connectivity index (χ3n) is 1.91. The fraction of sp³-hybridized carbons (Fsp3) is 0.111. The number of hydrogen-bond donors (Lipinski definition) is 1. The van der Waals surface area contributed by atoms with E-state index in [9.17, 15) is 4.79 Å². The first-order valence-electron chi connectivity index (χ1n) is 3.95. The number of hydrogen-bond acceptors (Lipinski definition) is 2. The molecule has 6 heteroatoms. The summed E-state index contributed by atoms with van der Waals surface area (Å²) < 4.78 is 0. The maximum Gasteiger partial charge on any atom is 0.320 e. The van der Waals surface area contributed by atoms with Crippen LogP contribution in [0.1, 0.15) is 0 Å². The summed E-state index contributed by atoms with van der Waals surface area (Å²) in [7, 11) is 0. The maximum atomic E-state index is 10.8. The molecule has 1 aliphatic rings. The van der Waals surface area contributed by atoms with Crippen LogP contribution in [0.25, 0.3) is 6.20 Å². The van der Waals surface area contributed by atoms with Crippen LogP contribution in [0.4, 0.5) is 4.79 Å². The molecule has 2 rings (SSSR count). The van der Waals surface area contributed by atoms with E-state index in [1.807, 2.05) is 24.3 Å². The largest absolute Gasteiger partial charge is 0.351 e. The number of benzene rings is 1. The maximum absolute atomic E-state index is 10.8. The molecule has 15 heavy (non-hydrogen) atoms. The number of carbonyl (C=O) groups is 1. The Morgan fingerprint density at radius 1 is 1.33 bits per heavy atom. The zero-order valence-corrected chi connectivity index (χ0v) is 9.42. The van der Waals surface area contributed by atoms with Crippen LogP contribution < -0.4 is 16.3 Å². The van der Waals surface area contributed by atoms with Crippen LogP contribution >= 0.6 is 24.8 Å². The van der Waals surface area contributed by atoms with E-state index >= 15 is 0 Å². The normalized spacial score (nSPS) is 12.1. The molecule has 0 saturated carbocycles. The predicted molar refractivity (Wildman–Crippen MR) is 62.5 cm³/mol. The molecule has 0 fully saturated rings. The van der Waals surface area contributed by atoms with Gasteiger partial charge in [-0.15, -0.1) is 24.8 Å². The number of urea groups is 1. The van der Waals surface area contributed by atoms with Gasteiger partial charge >= 0.3 is 6.03 Å². The second-order valence-electron chi connectivity index (χ2n) is 2.80. The number of rotatable bonds is 0. The van der Waals surface area contributed by atoms with E-state index in [2.05, 4.69) is 4.99 Å². The molecule has 4 nitrogen and oxygen atoms in total. The Balaban J connectivity index is 0.000000980. The van der Waals surface area contributed by atoms with Crippen molar-refractivity contribution in [2.45, 2.75) is 0 Å². The van der Waals surface area contributed by atoms with Crippen LogP contribution in [0.15, 0.2) is 29.3 Å². The molecule has 0 radical (unpaired) electrons. The average Bonchev–Trinajstić information content (AvgIpc) is 2.17. The summed E-state index contributed by atoms with van der Waals surface area (Å²) in [6, 6.07) is 7.14. The zero-order chi connectivity index (χ0) is 9.26. The smallest absolute Gasteiger partial charge is 0.320 e. The lowest BCUT2D eigenvalue weighted by Crippen LogP contribution is -2.40. The Bertz CT molecular complexity index is 461. The predicted octanol–water partition coefficient (Wildman–Crippen LogP) is 0.240. The summed E-state index contributed by atoms with van der Waals surface area (Å²) >= 11 is 0. The molecule has 0 saturated heterocycles. The Labute approximate surface area is 99.3 Å². The highest BCUT2D eigenvalue weighted by Gasteiger charge is 2.07. The van der Waals surface area contributed by atoms with E-state index in [1.165, 1.54) is 4.90 Å². The second-order valence-corrected chi connectivity index (χ2v) is 2.80. The summed E-state index contributed by atoms with van der Waals surface area (Å²) in [6.07, 6.45) is 1.71. The molecule has 0 atom stereocenters. The molecule has 0 unspecified atom stereocenters. The summed E-state index contributed by atoms with van der Waals surface area (Å²) in [5, 5.41) is 1.83. The van der Waals surface area contributed by atoms with Crippen molar-refractivity contribution in [2.75, 3.05) is 6.67 Å². The molecule has 1 heterocycles. The van der Waals surface area contributed by atoms with E-state index in [-0.39, 0.29) is 24.8 Å². The third kappa shape index (κ3) is 2.84. The lowest BCUT2D eigenvalue weighted by Gasteiger charge is -2.15. The quantitative estimate of drug-likeness (QED) is 0.702. The summed E-state index contributed by atoms with van der Waals surface area (Å²) in [5.74, 6) is 0. The van der Waals surface area contributed by atoms with Gasteiger partial charge in [-0.2, -0.15) is 0 Å². The minimum absolute atomic E-state index is 0. The van der Waals surface area contributed by atoms with Crippen LogP contribution in [0.2, 0.25) is 0 Å². The number of nitrogens with zero attached hydrogens (tertiary/aromatic N) is 2. The molecule has 1 aromatic rings. The third-order valence-corrected chi connectivity index (χ3v) is 1.91. The van der Waals surface area contributed by atoms with Gasteiger partial charge in [0.15, 0.2) is 0 Å². The van der Waals surface area contributed by atoms with Crippen LogP contribution in [-0.4, -0.2) is 17.6 Å². The Kier molecular flexibility index (Phi) is 5.11. The van der Waals surface area contributed by atoms with Gasteiger partial charge in [-0.1, -0.05) is 18.2 Å². The zero-order valence-electron chi connectivity index (χ0n) is 7.79. The average molecular weight is 248 g/mol. The number of carbonyl (C=O) groups excluding carboxylic acids is 1. The van der Waals surface area contributed by atoms with Crippen molar-refractivity contribution in [2.24, 2.45) is 10.7 Å². The van der Waals surface area contributed by atoms with Gasteiger partial charge in [-0.3, -0.25) is 9.89 Å². The molecular formula is C9H11Cl2N3O. The van der Waals surface area contributed by atoms with Gasteiger partial charge in [0.05, 0.1) is 5.36 Å². The second kappa shape index (κ2) is 5.58. The molecule has 2 N–H and O–H groups in total. The molecule has 82 valence electrons. The standard InChI is InChI=1S/C9H9N3O.2ClH/c10-9(13)12-5-7-3-1-2-4-8(7)11-6-12;;/h1-5H,6H2,(H2,10,13);2*1H. The highest BCUT2D eigenvalue weighted by atomic mass is 35.5. The molecule has 0 aromatic heterocycles. The van der Waals surface area contributed by atoms with Gasteiger partial charge in [-0.05, 0) is 6.07 Å². The Morgan fingerprint density at radius 2 is 2.00 bits per heavy atom. The van der Waals surface area contributed by atoms with Crippen LogP contribution in [-0.2, 0) is 0 Å². The van der Waals surface area contributed by atoms with Gasteiger partial charge in [0.2, 0.25) is 0 Å². The minimum Gasteiger partial charge on any atom is -0.351 e. The molecule has 0 bridgehead atoms. The topological polar surface area (TPSA) is 58.7 Å². The SMILES string of the molecule is Cl.Cl.NC(=O)N1C=c2ccccc2=NC1. The van der Waals surface area contributed by atoms with E-state index in [0.29, 0.717) is 6.67 Å². The highest BCUT2D eigenvalue weighted by Crippen LogP contribution is 1.91. The summed E-state index contributed by atoms with van der Waals surface area (Å²) in [5.41, 5.74) is 5.12. The minimum atomic E-state index is -0.474. The van der Waals surface area contributed by atoms with Crippen molar-refractivity contribution < 1.29 is 4.79 Å². The van der Waals surface area contributed by atoms with Gasteiger partial charge in [0, 0.05) is 11.4 Å².